The lowest BCUT2D eigenvalue weighted by Gasteiger charge is -2.19. The van der Waals surface area contributed by atoms with Gasteiger partial charge in [-0.05, 0) is 45.6 Å². The smallest absolute Gasteiger partial charge is 0.223 e. The van der Waals surface area contributed by atoms with E-state index in [4.69, 9.17) is 47.4 Å². The molecular formula is C29H36Cl2N6O4. The van der Waals surface area contributed by atoms with E-state index < -0.39 is 0 Å². The minimum Gasteiger partial charge on any atom is -0.495 e. The topological polar surface area (TPSA) is 111 Å². The summed E-state index contributed by atoms with van der Waals surface area (Å²) >= 11 is 13.4. The molecule has 0 unspecified atom stereocenters. The SMILES string of the molecule is C=CC(=O)C[C@H]1COC[C@H]1Nc1ncc2cc(-c3c(Cl)c(OC)cc(OC)c3Cl)nc(NCCCCN(C)C)c2n1. The Morgan fingerprint density at radius 2 is 1.88 bits per heavy atom. The molecule has 0 spiro atoms. The molecule has 41 heavy (non-hydrogen) atoms. The van der Waals surface area contributed by atoms with Crippen LogP contribution in [-0.2, 0) is 9.53 Å². The first-order valence-electron chi connectivity index (χ1n) is 13.4. The first kappa shape index (κ1) is 30.8. The highest BCUT2D eigenvalue weighted by Crippen LogP contribution is 2.46. The molecule has 2 N–H and O–H groups in total. The van der Waals surface area contributed by atoms with Crippen LogP contribution in [0, 0.1) is 5.92 Å². The van der Waals surface area contributed by atoms with Crippen LogP contribution in [0.5, 0.6) is 11.5 Å². The molecule has 0 saturated carbocycles. The van der Waals surface area contributed by atoms with Crippen molar-refractivity contribution in [1.82, 2.24) is 19.9 Å². The average molecular weight is 604 g/mol. The van der Waals surface area contributed by atoms with Crippen LogP contribution in [-0.4, -0.2) is 86.3 Å². The molecule has 12 heteroatoms. The molecule has 1 aliphatic heterocycles. The summed E-state index contributed by atoms with van der Waals surface area (Å²) in [6.07, 6.45) is 5.39. The summed E-state index contributed by atoms with van der Waals surface area (Å²) in [5.74, 6) is 1.82. The summed E-state index contributed by atoms with van der Waals surface area (Å²) in [7, 11) is 7.17. The standard InChI is InChI=1S/C29H36Cl2N6O4/c1-6-19(38)11-18-15-41-16-21(18)35-29-33-14-17-12-20(24-25(30)22(39-4)13-23(40-5)26(24)31)34-28(27(17)36-29)32-9-7-8-10-37(2)3/h6,12-14,18,21H,1,7-11,15-16H2,2-5H3,(H,32,34)(H,33,35,36)/t18-,21+/m0/s1. The van der Waals surface area contributed by atoms with E-state index in [1.165, 1.54) is 20.3 Å². The maximum absolute atomic E-state index is 12.0. The third-order valence-electron chi connectivity index (χ3n) is 6.92. The number of halogens is 2. The number of hydrogen-bond donors (Lipinski definition) is 2. The van der Waals surface area contributed by atoms with Gasteiger partial charge in [-0.2, -0.15) is 0 Å². The van der Waals surface area contributed by atoms with E-state index in [2.05, 4.69) is 41.2 Å². The van der Waals surface area contributed by atoms with E-state index >= 15 is 0 Å². The predicted molar refractivity (Wildman–Crippen MR) is 164 cm³/mol. The Balaban J connectivity index is 1.72. The zero-order valence-electron chi connectivity index (χ0n) is 23.8. The number of ketones is 1. The fraction of sp³-hybridized carbons (Fsp3) is 0.448. The molecule has 0 amide bonds. The number of anilines is 2. The van der Waals surface area contributed by atoms with E-state index in [1.807, 2.05) is 6.07 Å². The minimum absolute atomic E-state index is 0.00177. The summed E-state index contributed by atoms with van der Waals surface area (Å²) in [5.41, 5.74) is 1.65. The molecule has 0 aliphatic carbocycles. The van der Waals surface area contributed by atoms with Crippen LogP contribution in [0.2, 0.25) is 10.0 Å². The second-order valence-electron chi connectivity index (χ2n) is 10.1. The molecule has 0 radical (unpaired) electrons. The largest absolute Gasteiger partial charge is 0.495 e. The molecule has 2 aromatic heterocycles. The highest BCUT2D eigenvalue weighted by molar-refractivity contribution is 6.41. The highest BCUT2D eigenvalue weighted by Gasteiger charge is 2.30. The number of nitrogens with zero attached hydrogens (tertiary/aromatic N) is 4. The van der Waals surface area contributed by atoms with E-state index in [0.717, 1.165) is 24.8 Å². The van der Waals surface area contributed by atoms with Gasteiger partial charge < -0.3 is 29.7 Å². The van der Waals surface area contributed by atoms with Crippen molar-refractivity contribution in [3.8, 4) is 22.8 Å². The van der Waals surface area contributed by atoms with Crippen LogP contribution in [0.1, 0.15) is 19.3 Å². The van der Waals surface area contributed by atoms with Gasteiger partial charge >= 0.3 is 0 Å². The third kappa shape index (κ3) is 7.37. The summed E-state index contributed by atoms with van der Waals surface area (Å²) in [5, 5.41) is 8.19. The molecule has 10 nitrogen and oxygen atoms in total. The van der Waals surface area contributed by atoms with Crippen LogP contribution >= 0.6 is 23.2 Å². The normalized spacial score (nSPS) is 16.7. The summed E-state index contributed by atoms with van der Waals surface area (Å²) < 4.78 is 16.6. The van der Waals surface area contributed by atoms with Gasteiger partial charge in [-0.25, -0.2) is 15.0 Å². The fourth-order valence-electron chi connectivity index (χ4n) is 4.70. The van der Waals surface area contributed by atoms with Crippen LogP contribution < -0.4 is 20.1 Å². The first-order valence-corrected chi connectivity index (χ1v) is 14.2. The summed E-state index contributed by atoms with van der Waals surface area (Å²) in [6, 6.07) is 3.38. The number of carbonyl (C=O) groups is 1. The molecule has 3 aromatic rings. The van der Waals surface area contributed by atoms with Gasteiger partial charge in [0.1, 0.15) is 17.0 Å². The Hall–Kier alpha value is -3.18. The van der Waals surface area contributed by atoms with Crippen LogP contribution in [0.3, 0.4) is 0 Å². The third-order valence-corrected chi connectivity index (χ3v) is 7.67. The number of aromatic nitrogens is 3. The van der Waals surface area contributed by atoms with Crippen molar-refractivity contribution in [2.24, 2.45) is 5.92 Å². The molecule has 4 rings (SSSR count). The number of pyridine rings is 1. The van der Waals surface area contributed by atoms with Crippen LogP contribution in [0.4, 0.5) is 11.8 Å². The maximum atomic E-state index is 12.0. The Labute approximate surface area is 250 Å². The van der Waals surface area contributed by atoms with Crippen molar-refractivity contribution in [2.45, 2.75) is 25.3 Å². The van der Waals surface area contributed by atoms with E-state index in [9.17, 15) is 4.79 Å². The van der Waals surface area contributed by atoms with Gasteiger partial charge in [0.05, 0.1) is 49.2 Å². The van der Waals surface area contributed by atoms with Crippen molar-refractivity contribution >= 4 is 51.7 Å². The van der Waals surface area contributed by atoms with Crippen molar-refractivity contribution in [2.75, 3.05) is 65.3 Å². The number of unbranched alkanes of at least 4 members (excludes halogenated alkanes) is 1. The molecule has 1 fully saturated rings. The Bertz CT molecular complexity index is 1380. The summed E-state index contributed by atoms with van der Waals surface area (Å²) in [6.45, 7) is 6.20. The average Bonchev–Trinajstić information content (AvgIpc) is 3.38. The van der Waals surface area contributed by atoms with Gasteiger partial charge in [0.2, 0.25) is 5.95 Å². The van der Waals surface area contributed by atoms with E-state index in [0.29, 0.717) is 76.3 Å². The van der Waals surface area contributed by atoms with Gasteiger partial charge in [-0.1, -0.05) is 29.8 Å². The van der Waals surface area contributed by atoms with Crippen molar-refractivity contribution in [3.63, 3.8) is 0 Å². The number of fused-ring (bicyclic) bond motifs is 1. The molecule has 0 bridgehead atoms. The number of allylic oxidation sites excluding steroid dienone is 1. The minimum atomic E-state index is -0.104. The zero-order chi connectivity index (χ0) is 29.5. The van der Waals surface area contributed by atoms with Gasteiger partial charge in [-0.3, -0.25) is 4.79 Å². The molecule has 220 valence electrons. The van der Waals surface area contributed by atoms with Gasteiger partial charge in [-0.15, -0.1) is 0 Å². The molecule has 1 saturated heterocycles. The monoisotopic (exact) mass is 602 g/mol. The molecular weight excluding hydrogens is 567 g/mol. The van der Waals surface area contributed by atoms with Crippen LogP contribution in [0.15, 0.2) is 31.0 Å². The quantitative estimate of drug-likeness (QED) is 0.185. The van der Waals surface area contributed by atoms with Gasteiger partial charge in [0.15, 0.2) is 11.6 Å². The van der Waals surface area contributed by atoms with Gasteiger partial charge in [0.25, 0.3) is 0 Å². The fourth-order valence-corrected chi connectivity index (χ4v) is 5.39. The lowest BCUT2D eigenvalue weighted by Crippen LogP contribution is -2.30. The Morgan fingerprint density at radius 3 is 2.54 bits per heavy atom. The number of methoxy groups -OCH3 is 2. The van der Waals surface area contributed by atoms with Gasteiger partial charge in [0, 0.05) is 42.1 Å². The number of ether oxygens (including phenoxy) is 3. The molecule has 1 aromatic carbocycles. The second-order valence-corrected chi connectivity index (χ2v) is 10.9. The Morgan fingerprint density at radius 1 is 1.15 bits per heavy atom. The number of hydrogen-bond acceptors (Lipinski definition) is 10. The van der Waals surface area contributed by atoms with E-state index in [1.54, 1.807) is 12.3 Å². The Kier molecular flexibility index (Phi) is 10.6. The van der Waals surface area contributed by atoms with Crippen molar-refractivity contribution < 1.29 is 19.0 Å². The van der Waals surface area contributed by atoms with E-state index in [-0.39, 0.29) is 17.7 Å². The van der Waals surface area contributed by atoms with Crippen molar-refractivity contribution in [1.29, 1.82) is 0 Å². The summed E-state index contributed by atoms with van der Waals surface area (Å²) in [4.78, 5) is 28.4. The molecule has 3 heterocycles. The molecule has 2 atom stereocenters. The number of carbonyl (C=O) groups excluding carboxylic acids is 1. The lowest BCUT2D eigenvalue weighted by molar-refractivity contribution is -0.115. The predicted octanol–water partition coefficient (Wildman–Crippen LogP) is 5.34. The highest BCUT2D eigenvalue weighted by atomic mass is 35.5. The number of benzene rings is 1. The lowest BCUT2D eigenvalue weighted by atomic mass is 9.97. The maximum Gasteiger partial charge on any atom is 0.223 e. The molecule has 1 aliphatic rings. The zero-order valence-corrected chi connectivity index (χ0v) is 25.3. The van der Waals surface area contributed by atoms with Crippen molar-refractivity contribution in [3.05, 3.63) is 41.0 Å². The van der Waals surface area contributed by atoms with Crippen LogP contribution in [0.25, 0.3) is 22.2 Å². The number of rotatable bonds is 14. The second kappa shape index (κ2) is 14.1. The first-order chi connectivity index (χ1) is 19.7. The number of nitrogens with one attached hydrogen (secondary N) is 2.